The zero-order chi connectivity index (χ0) is 27.3. The van der Waals surface area contributed by atoms with E-state index in [2.05, 4.69) is 76.3 Å². The third-order valence-electron chi connectivity index (χ3n) is 10.2. The summed E-state index contributed by atoms with van der Waals surface area (Å²) in [5.74, 6) is 1.01. The van der Waals surface area contributed by atoms with Crippen LogP contribution in [0, 0.1) is 6.92 Å². The molecule has 2 unspecified atom stereocenters. The average molecular weight is 538 g/mol. The van der Waals surface area contributed by atoms with Crippen LogP contribution < -0.4 is 5.32 Å². The van der Waals surface area contributed by atoms with Crippen molar-refractivity contribution in [3.8, 4) is 0 Å². The lowest BCUT2D eigenvalue weighted by Gasteiger charge is -2.45. The molecular weight excluding hydrogens is 498 g/mol. The minimum atomic E-state index is -0.0891. The molecule has 7 heteroatoms. The number of nitrogens with one attached hydrogen (secondary N) is 1. The van der Waals surface area contributed by atoms with Crippen molar-refractivity contribution in [2.24, 2.45) is 0 Å². The van der Waals surface area contributed by atoms with Crippen molar-refractivity contribution in [1.29, 1.82) is 0 Å². The van der Waals surface area contributed by atoms with Crippen LogP contribution in [0.15, 0.2) is 66.4 Å². The van der Waals surface area contributed by atoms with Gasteiger partial charge < -0.3 is 14.8 Å². The van der Waals surface area contributed by atoms with Crippen molar-refractivity contribution in [3.05, 3.63) is 77.8 Å². The Balaban J connectivity index is 1.06. The number of nitrogens with zero attached hydrogens (tertiary/aromatic N) is 4. The number of hydrogen-bond acceptors (Lipinski definition) is 4. The van der Waals surface area contributed by atoms with Gasteiger partial charge in [-0.15, -0.1) is 0 Å². The van der Waals surface area contributed by atoms with E-state index < -0.39 is 0 Å². The topological polar surface area (TPSA) is 70.5 Å². The fourth-order valence-electron chi connectivity index (χ4n) is 8.16. The number of hydrogen-bond donors (Lipinski definition) is 1. The molecule has 2 amide bonds. The molecular formula is C33H39N5O2. The molecule has 208 valence electrons. The summed E-state index contributed by atoms with van der Waals surface area (Å²) in [7, 11) is 0. The number of aryl methyl sites for hydroxylation is 1. The Hall–Kier alpha value is -3.45. The third kappa shape index (κ3) is 4.44. The molecule has 2 aromatic carbocycles. The lowest BCUT2D eigenvalue weighted by atomic mass is 9.70. The molecule has 4 aliphatic rings. The maximum atomic E-state index is 13.1. The Kier molecular flexibility index (Phi) is 6.50. The van der Waals surface area contributed by atoms with Gasteiger partial charge in [0.15, 0.2) is 0 Å². The van der Waals surface area contributed by atoms with E-state index in [1.165, 1.54) is 36.8 Å². The van der Waals surface area contributed by atoms with E-state index in [9.17, 15) is 9.59 Å². The first-order valence-corrected chi connectivity index (χ1v) is 15.0. The molecule has 3 fully saturated rings. The maximum absolute atomic E-state index is 13.1. The molecule has 1 N–H and O–H groups in total. The Bertz CT molecular complexity index is 1440. The van der Waals surface area contributed by atoms with E-state index in [0.717, 1.165) is 50.2 Å². The number of para-hydroxylation sites is 2. The molecule has 0 aliphatic carbocycles. The minimum absolute atomic E-state index is 0.0325. The van der Waals surface area contributed by atoms with Crippen LogP contribution in [-0.2, 0) is 15.0 Å². The summed E-state index contributed by atoms with van der Waals surface area (Å²) in [6, 6.07) is 21.3. The molecule has 3 saturated heterocycles. The zero-order valence-corrected chi connectivity index (χ0v) is 23.4. The predicted molar refractivity (Wildman–Crippen MR) is 156 cm³/mol. The average Bonchev–Trinajstić information content (AvgIpc) is 3.64. The smallest absolute Gasteiger partial charge is 0.270 e. The Morgan fingerprint density at radius 3 is 2.38 bits per heavy atom. The molecule has 3 aromatic rings. The number of rotatable bonds is 6. The van der Waals surface area contributed by atoms with Crippen LogP contribution in [0.3, 0.4) is 0 Å². The first-order valence-electron chi connectivity index (χ1n) is 15.0. The van der Waals surface area contributed by atoms with Gasteiger partial charge in [-0.2, -0.15) is 0 Å². The number of likely N-dealkylation sites (tertiary alicyclic amines) is 1. The lowest BCUT2D eigenvalue weighted by Crippen LogP contribution is -2.49. The minimum Gasteiger partial charge on any atom is -0.337 e. The van der Waals surface area contributed by atoms with Gasteiger partial charge in [-0.05, 0) is 87.6 Å². The van der Waals surface area contributed by atoms with Gasteiger partial charge in [0.05, 0.1) is 11.0 Å². The summed E-state index contributed by atoms with van der Waals surface area (Å²) < 4.78 is 2.51. The van der Waals surface area contributed by atoms with Crippen LogP contribution in [-0.4, -0.2) is 62.9 Å². The second-order valence-electron chi connectivity index (χ2n) is 12.3. The van der Waals surface area contributed by atoms with Gasteiger partial charge in [0.2, 0.25) is 5.91 Å². The van der Waals surface area contributed by atoms with Gasteiger partial charge in [-0.1, -0.05) is 42.5 Å². The molecule has 0 spiro atoms. The fraction of sp³-hybridized carbons (Fsp3) is 0.485. The summed E-state index contributed by atoms with van der Waals surface area (Å²) >= 11 is 0. The van der Waals surface area contributed by atoms with Crippen LogP contribution in [0.1, 0.15) is 68.8 Å². The standard InChI is InChI=1S/C33H39N5O2/c1-23-34-28-9-5-6-10-30(28)38(23)27-21-25-11-12-26(22-27)37(25)20-17-33(24-7-3-2-4-8-24)15-18-36(19-16-33)32(40)29-13-14-31(39)35-29/h2-10,13,25-27H,11-12,14-22H2,1H3,(H,35,39). The molecule has 2 bridgehead atoms. The van der Waals surface area contributed by atoms with Gasteiger partial charge in [0.25, 0.3) is 5.91 Å². The Morgan fingerprint density at radius 1 is 0.975 bits per heavy atom. The highest BCUT2D eigenvalue weighted by atomic mass is 16.2. The van der Waals surface area contributed by atoms with Crippen molar-refractivity contribution >= 4 is 22.8 Å². The lowest BCUT2D eigenvalue weighted by molar-refractivity contribution is -0.130. The number of carbonyl (C=O) groups is 2. The number of piperidine rings is 2. The fourth-order valence-corrected chi connectivity index (χ4v) is 8.16. The van der Waals surface area contributed by atoms with Crippen molar-refractivity contribution in [2.45, 2.75) is 81.8 Å². The molecule has 7 nitrogen and oxygen atoms in total. The monoisotopic (exact) mass is 537 g/mol. The van der Waals surface area contributed by atoms with Crippen molar-refractivity contribution in [3.63, 3.8) is 0 Å². The SMILES string of the molecule is Cc1nc2ccccc2n1C1CC2CCC(C1)N2CCC1(c2ccccc2)CCN(C(=O)C2=CCC(=O)N2)CC1. The predicted octanol–water partition coefficient (Wildman–Crippen LogP) is 4.87. The van der Waals surface area contributed by atoms with Gasteiger partial charge in [0, 0.05) is 37.6 Å². The second kappa shape index (κ2) is 10.2. The van der Waals surface area contributed by atoms with Gasteiger partial charge in [-0.3, -0.25) is 14.5 Å². The summed E-state index contributed by atoms with van der Waals surface area (Å²) in [4.78, 5) is 34.3. The normalized spacial score (nSPS) is 26.2. The number of imidazole rings is 1. The molecule has 40 heavy (non-hydrogen) atoms. The summed E-state index contributed by atoms with van der Waals surface area (Å²) in [5.41, 5.74) is 4.31. The van der Waals surface area contributed by atoms with Crippen molar-refractivity contribution in [1.82, 2.24) is 24.7 Å². The summed E-state index contributed by atoms with van der Waals surface area (Å²) in [6.07, 6.45) is 10.0. The maximum Gasteiger partial charge on any atom is 0.270 e. The second-order valence-corrected chi connectivity index (χ2v) is 12.3. The van der Waals surface area contributed by atoms with E-state index in [1.54, 1.807) is 6.08 Å². The first-order chi connectivity index (χ1) is 19.5. The largest absolute Gasteiger partial charge is 0.337 e. The summed E-state index contributed by atoms with van der Waals surface area (Å²) in [5, 5.41) is 2.73. The van der Waals surface area contributed by atoms with Crippen LogP contribution in [0.4, 0.5) is 0 Å². The van der Waals surface area contributed by atoms with Crippen LogP contribution in [0.5, 0.6) is 0 Å². The van der Waals surface area contributed by atoms with Crippen LogP contribution in [0.2, 0.25) is 0 Å². The van der Waals surface area contributed by atoms with E-state index in [4.69, 9.17) is 4.98 Å². The summed E-state index contributed by atoms with van der Waals surface area (Å²) in [6.45, 7) is 4.72. The molecule has 1 aromatic heterocycles. The van der Waals surface area contributed by atoms with Crippen molar-refractivity contribution < 1.29 is 9.59 Å². The number of aromatic nitrogens is 2. The molecule has 2 atom stereocenters. The van der Waals surface area contributed by atoms with Gasteiger partial charge in [-0.25, -0.2) is 4.98 Å². The van der Waals surface area contributed by atoms with Gasteiger partial charge >= 0.3 is 0 Å². The zero-order valence-electron chi connectivity index (χ0n) is 23.4. The van der Waals surface area contributed by atoms with Gasteiger partial charge in [0.1, 0.15) is 11.5 Å². The quantitative estimate of drug-likeness (QED) is 0.487. The molecule has 5 heterocycles. The van der Waals surface area contributed by atoms with E-state index in [-0.39, 0.29) is 17.2 Å². The third-order valence-corrected chi connectivity index (χ3v) is 10.2. The van der Waals surface area contributed by atoms with E-state index in [1.807, 2.05) is 4.90 Å². The number of benzene rings is 2. The number of fused-ring (bicyclic) bond motifs is 3. The first kappa shape index (κ1) is 25.5. The van der Waals surface area contributed by atoms with Crippen LogP contribution in [0.25, 0.3) is 11.0 Å². The van der Waals surface area contributed by atoms with E-state index >= 15 is 0 Å². The van der Waals surface area contributed by atoms with Crippen molar-refractivity contribution in [2.75, 3.05) is 19.6 Å². The molecule has 0 saturated carbocycles. The van der Waals surface area contributed by atoms with E-state index in [0.29, 0.717) is 30.2 Å². The highest BCUT2D eigenvalue weighted by Crippen LogP contribution is 2.45. The number of amides is 2. The Morgan fingerprint density at radius 2 is 1.68 bits per heavy atom. The number of carbonyl (C=O) groups excluding carboxylic acids is 2. The Labute approximate surface area is 236 Å². The highest BCUT2D eigenvalue weighted by molar-refractivity contribution is 6.00. The van der Waals surface area contributed by atoms with Crippen LogP contribution >= 0.6 is 0 Å². The molecule has 7 rings (SSSR count). The molecule has 4 aliphatic heterocycles. The highest BCUT2D eigenvalue weighted by Gasteiger charge is 2.44. The molecule has 0 radical (unpaired) electrons.